The maximum absolute atomic E-state index is 12.3. The maximum Gasteiger partial charge on any atom is 0.181 e. The first kappa shape index (κ1) is 17.2. The van der Waals surface area contributed by atoms with Crippen LogP contribution in [0.3, 0.4) is 0 Å². The highest BCUT2D eigenvalue weighted by atomic mass is 35.5. The number of hydrogen-bond donors (Lipinski definition) is 1. The van der Waals surface area contributed by atoms with E-state index in [1.807, 2.05) is 6.92 Å². The van der Waals surface area contributed by atoms with Crippen LogP contribution in [-0.2, 0) is 9.84 Å². The Hall–Kier alpha value is -1.66. The first-order chi connectivity index (χ1) is 11.3. The van der Waals surface area contributed by atoms with Crippen molar-refractivity contribution in [3.8, 4) is 0 Å². The van der Waals surface area contributed by atoms with Crippen molar-refractivity contribution in [1.82, 2.24) is 9.97 Å². The summed E-state index contributed by atoms with van der Waals surface area (Å²) in [5, 5.41) is 3.30. The number of sulfone groups is 1. The van der Waals surface area contributed by atoms with Crippen LogP contribution in [0.15, 0.2) is 29.4 Å². The van der Waals surface area contributed by atoms with Gasteiger partial charge in [0.05, 0.1) is 26.5 Å². The SMILES string of the molecule is Cc1c(Nc2ccc(S(=O)(=O)C3CC3)cc2Cl)ncnc1C(C)C. The van der Waals surface area contributed by atoms with Gasteiger partial charge < -0.3 is 5.32 Å². The van der Waals surface area contributed by atoms with E-state index in [2.05, 4.69) is 29.1 Å². The van der Waals surface area contributed by atoms with E-state index in [1.165, 1.54) is 12.4 Å². The topological polar surface area (TPSA) is 72.0 Å². The molecular weight excluding hydrogens is 346 g/mol. The molecule has 1 aromatic carbocycles. The molecule has 1 fully saturated rings. The highest BCUT2D eigenvalue weighted by Crippen LogP contribution is 2.36. The summed E-state index contributed by atoms with van der Waals surface area (Å²) in [6.07, 6.45) is 2.99. The van der Waals surface area contributed by atoms with Gasteiger partial charge in [-0.25, -0.2) is 18.4 Å². The molecule has 1 aliphatic rings. The standard InChI is InChI=1S/C17H20ClN3O2S/c1-10(2)16-11(3)17(20-9-19-16)21-15-7-6-13(8-14(15)18)24(22,23)12-4-5-12/h6-10,12H,4-5H2,1-3H3,(H,19,20,21). The Bertz CT molecular complexity index is 877. The monoisotopic (exact) mass is 365 g/mol. The average molecular weight is 366 g/mol. The van der Waals surface area contributed by atoms with Crippen LogP contribution in [0.1, 0.15) is 43.9 Å². The number of halogens is 1. The van der Waals surface area contributed by atoms with E-state index in [1.54, 1.807) is 12.1 Å². The van der Waals surface area contributed by atoms with Gasteiger partial charge in [-0.3, -0.25) is 0 Å². The molecule has 0 saturated heterocycles. The van der Waals surface area contributed by atoms with Crippen LogP contribution in [0.4, 0.5) is 11.5 Å². The van der Waals surface area contributed by atoms with Gasteiger partial charge in [-0.05, 0) is 43.9 Å². The maximum atomic E-state index is 12.3. The van der Waals surface area contributed by atoms with Crippen molar-refractivity contribution < 1.29 is 8.42 Å². The van der Waals surface area contributed by atoms with Gasteiger partial charge in [0.25, 0.3) is 0 Å². The molecule has 0 atom stereocenters. The smallest absolute Gasteiger partial charge is 0.181 e. The zero-order chi connectivity index (χ0) is 17.5. The van der Waals surface area contributed by atoms with Gasteiger partial charge in [0, 0.05) is 5.56 Å². The molecule has 24 heavy (non-hydrogen) atoms. The van der Waals surface area contributed by atoms with Crippen molar-refractivity contribution in [3.05, 3.63) is 40.8 Å². The molecule has 3 rings (SSSR count). The molecule has 1 heterocycles. The predicted molar refractivity (Wildman–Crippen MR) is 95.8 cm³/mol. The Morgan fingerprint density at radius 3 is 2.54 bits per heavy atom. The first-order valence-electron chi connectivity index (χ1n) is 7.92. The molecule has 5 nitrogen and oxygen atoms in total. The molecule has 0 unspecified atom stereocenters. The average Bonchev–Trinajstić information content (AvgIpc) is 3.36. The van der Waals surface area contributed by atoms with Crippen molar-refractivity contribution in [3.63, 3.8) is 0 Å². The third-order valence-electron chi connectivity index (χ3n) is 4.16. The van der Waals surface area contributed by atoms with Gasteiger partial charge in [0.15, 0.2) is 9.84 Å². The van der Waals surface area contributed by atoms with Crippen LogP contribution in [0.25, 0.3) is 0 Å². The van der Waals surface area contributed by atoms with Crippen LogP contribution in [-0.4, -0.2) is 23.6 Å². The second kappa shape index (κ2) is 6.33. The van der Waals surface area contributed by atoms with Crippen molar-refractivity contribution in [2.45, 2.75) is 49.7 Å². The van der Waals surface area contributed by atoms with E-state index < -0.39 is 9.84 Å². The summed E-state index contributed by atoms with van der Waals surface area (Å²) in [4.78, 5) is 8.86. The molecule has 1 N–H and O–H groups in total. The summed E-state index contributed by atoms with van der Waals surface area (Å²) in [6, 6.07) is 4.80. The summed E-state index contributed by atoms with van der Waals surface area (Å²) in [5.74, 6) is 0.962. The van der Waals surface area contributed by atoms with Crippen LogP contribution in [0.2, 0.25) is 5.02 Å². The largest absolute Gasteiger partial charge is 0.339 e. The molecule has 0 spiro atoms. The molecular formula is C17H20ClN3O2S. The fraction of sp³-hybridized carbons (Fsp3) is 0.412. The predicted octanol–water partition coefficient (Wildman–Crippen LogP) is 4.24. The minimum atomic E-state index is -3.24. The van der Waals surface area contributed by atoms with Crippen molar-refractivity contribution in [2.24, 2.45) is 0 Å². The van der Waals surface area contributed by atoms with E-state index >= 15 is 0 Å². The molecule has 0 bridgehead atoms. The molecule has 1 aliphatic carbocycles. The molecule has 128 valence electrons. The fourth-order valence-corrected chi connectivity index (χ4v) is 4.62. The normalized spacial score (nSPS) is 14.9. The zero-order valence-corrected chi connectivity index (χ0v) is 15.4. The number of rotatable bonds is 5. The summed E-state index contributed by atoms with van der Waals surface area (Å²) in [7, 11) is -3.24. The highest BCUT2D eigenvalue weighted by molar-refractivity contribution is 7.92. The number of benzene rings is 1. The Morgan fingerprint density at radius 1 is 1.25 bits per heavy atom. The third-order valence-corrected chi connectivity index (χ3v) is 6.73. The molecule has 1 saturated carbocycles. The fourth-order valence-electron chi connectivity index (χ4n) is 2.64. The third kappa shape index (κ3) is 3.26. The van der Waals surface area contributed by atoms with E-state index in [-0.39, 0.29) is 16.1 Å². The van der Waals surface area contributed by atoms with Crippen LogP contribution in [0, 0.1) is 6.92 Å². The molecule has 1 aromatic heterocycles. The second-order valence-corrected chi connectivity index (χ2v) is 9.03. The minimum Gasteiger partial charge on any atom is -0.339 e. The van der Waals surface area contributed by atoms with Crippen LogP contribution >= 0.6 is 11.6 Å². The van der Waals surface area contributed by atoms with Gasteiger partial charge in [0.2, 0.25) is 0 Å². The van der Waals surface area contributed by atoms with Crippen molar-refractivity contribution >= 4 is 32.9 Å². The Kier molecular flexibility index (Phi) is 4.53. The lowest BCUT2D eigenvalue weighted by molar-refractivity contribution is 0.595. The van der Waals surface area contributed by atoms with Gasteiger partial charge in [-0.1, -0.05) is 25.4 Å². The summed E-state index contributed by atoms with van der Waals surface area (Å²) < 4.78 is 24.6. The van der Waals surface area contributed by atoms with E-state index in [0.29, 0.717) is 16.5 Å². The van der Waals surface area contributed by atoms with Crippen LogP contribution < -0.4 is 5.32 Å². The summed E-state index contributed by atoms with van der Waals surface area (Å²) in [5.41, 5.74) is 2.55. The molecule has 0 amide bonds. The summed E-state index contributed by atoms with van der Waals surface area (Å²) >= 11 is 6.29. The Labute approximate surface area is 147 Å². The summed E-state index contributed by atoms with van der Waals surface area (Å²) in [6.45, 7) is 6.10. The van der Waals surface area contributed by atoms with E-state index in [4.69, 9.17) is 11.6 Å². The Balaban J connectivity index is 1.90. The van der Waals surface area contributed by atoms with Gasteiger partial charge in [0.1, 0.15) is 12.1 Å². The highest BCUT2D eigenvalue weighted by Gasteiger charge is 2.37. The number of hydrogen-bond acceptors (Lipinski definition) is 5. The molecule has 2 aromatic rings. The first-order valence-corrected chi connectivity index (χ1v) is 9.85. The number of nitrogens with zero attached hydrogens (tertiary/aromatic N) is 2. The van der Waals surface area contributed by atoms with Crippen molar-refractivity contribution in [2.75, 3.05) is 5.32 Å². The Morgan fingerprint density at radius 2 is 1.96 bits per heavy atom. The number of anilines is 2. The second-order valence-electron chi connectivity index (χ2n) is 6.40. The number of nitrogens with one attached hydrogen (secondary N) is 1. The zero-order valence-electron chi connectivity index (χ0n) is 13.9. The van der Waals surface area contributed by atoms with E-state index in [9.17, 15) is 8.42 Å². The molecule has 0 aliphatic heterocycles. The van der Waals surface area contributed by atoms with E-state index in [0.717, 1.165) is 24.1 Å². The lowest BCUT2D eigenvalue weighted by atomic mass is 10.1. The lowest BCUT2D eigenvalue weighted by Crippen LogP contribution is -2.08. The minimum absolute atomic E-state index is 0.245. The quantitative estimate of drug-likeness (QED) is 0.857. The van der Waals surface area contributed by atoms with Crippen LogP contribution in [0.5, 0.6) is 0 Å². The van der Waals surface area contributed by atoms with Crippen molar-refractivity contribution in [1.29, 1.82) is 0 Å². The lowest BCUT2D eigenvalue weighted by Gasteiger charge is -2.14. The molecule has 7 heteroatoms. The molecule has 0 radical (unpaired) electrons. The number of aromatic nitrogens is 2. The van der Waals surface area contributed by atoms with Gasteiger partial charge in [-0.15, -0.1) is 0 Å². The van der Waals surface area contributed by atoms with Gasteiger partial charge >= 0.3 is 0 Å². The van der Waals surface area contributed by atoms with Gasteiger partial charge in [-0.2, -0.15) is 0 Å².